The second-order valence-corrected chi connectivity index (χ2v) is 1.13. The molecule has 0 bridgehead atoms. The third-order valence-corrected chi connectivity index (χ3v) is 0.588. The Morgan fingerprint density at radius 3 is 2.43 bits per heavy atom. The van der Waals surface area contributed by atoms with Crippen molar-refractivity contribution in [1.82, 2.24) is 4.73 Å². The largest absolute Gasteiger partial charge is 0.711 e. The van der Waals surface area contributed by atoms with Gasteiger partial charge < -0.3 is 10.4 Å². The molecule has 38 valence electrons. The Bertz CT molecular complexity index is 143. The van der Waals surface area contributed by atoms with Crippen LogP contribution >= 0.6 is 0 Å². The van der Waals surface area contributed by atoms with Gasteiger partial charge in [-0.25, -0.2) is 9.46 Å². The molecule has 0 aliphatic rings. The minimum Gasteiger partial charge on any atom is -0.711 e. The van der Waals surface area contributed by atoms with Crippen LogP contribution in [0.4, 0.5) is 0 Å². The summed E-state index contributed by atoms with van der Waals surface area (Å²) in [5.74, 6) is 0. The first kappa shape index (κ1) is 3.98. The normalized spacial score (nSPS) is 9.14. The molecular formula is C3H3N2O2-. The van der Waals surface area contributed by atoms with Crippen LogP contribution in [0.25, 0.3) is 0 Å². The van der Waals surface area contributed by atoms with Crippen molar-refractivity contribution in [3.05, 3.63) is 29.1 Å². The highest BCUT2D eigenvalue weighted by Gasteiger charge is 1.80. The standard InChI is InChI=1S/C3H3N2O2/c6-4-1-2-5(7)3-4/h1-3H/q-1. The van der Waals surface area contributed by atoms with E-state index in [0.29, 0.717) is 9.46 Å². The predicted octanol–water partition coefficient (Wildman–Crippen LogP) is -0.533. The van der Waals surface area contributed by atoms with Crippen LogP contribution in [0, 0.1) is 10.4 Å². The van der Waals surface area contributed by atoms with E-state index in [2.05, 4.69) is 0 Å². The van der Waals surface area contributed by atoms with E-state index in [1.165, 1.54) is 0 Å². The molecule has 7 heavy (non-hydrogen) atoms. The molecule has 0 aromatic carbocycles. The predicted molar refractivity (Wildman–Crippen MR) is 22.2 cm³/mol. The second-order valence-electron chi connectivity index (χ2n) is 1.13. The van der Waals surface area contributed by atoms with Gasteiger partial charge in [-0.15, -0.1) is 0 Å². The van der Waals surface area contributed by atoms with Crippen LogP contribution in [0.3, 0.4) is 0 Å². The summed E-state index contributed by atoms with van der Waals surface area (Å²) in [6.07, 6.45) is 3.15. The molecule has 0 aliphatic heterocycles. The van der Waals surface area contributed by atoms with E-state index < -0.39 is 0 Å². The van der Waals surface area contributed by atoms with Crippen molar-refractivity contribution in [2.75, 3.05) is 0 Å². The highest BCUT2D eigenvalue weighted by molar-refractivity contribution is 4.68. The first-order chi connectivity index (χ1) is 3.29. The van der Waals surface area contributed by atoms with E-state index in [9.17, 15) is 10.4 Å². The van der Waals surface area contributed by atoms with E-state index in [-0.39, 0.29) is 0 Å². The number of rotatable bonds is 0. The van der Waals surface area contributed by atoms with Crippen molar-refractivity contribution in [2.45, 2.75) is 0 Å². The number of aromatic nitrogens is 2. The van der Waals surface area contributed by atoms with Gasteiger partial charge in [-0.05, 0) is 0 Å². The Kier molecular flexibility index (Phi) is 0.651. The summed E-state index contributed by atoms with van der Waals surface area (Å²) in [5, 5.41) is 20.0. The maximum atomic E-state index is 9.99. The molecule has 0 amide bonds. The van der Waals surface area contributed by atoms with Crippen LogP contribution in [-0.4, -0.2) is 4.73 Å². The fraction of sp³-hybridized carbons (Fsp3) is 0. The number of hydrogen-bond donors (Lipinski definition) is 0. The van der Waals surface area contributed by atoms with Gasteiger partial charge in [0.05, 0.1) is 0 Å². The lowest BCUT2D eigenvalue weighted by Crippen LogP contribution is -2.20. The summed E-state index contributed by atoms with van der Waals surface area (Å²) in [4.78, 5) is 0. The van der Waals surface area contributed by atoms with Crippen molar-refractivity contribution in [1.29, 1.82) is 0 Å². The number of nitrogens with zero attached hydrogens (tertiary/aromatic N) is 2. The molecule has 4 nitrogen and oxygen atoms in total. The van der Waals surface area contributed by atoms with Gasteiger partial charge in [-0.1, -0.05) is 0 Å². The van der Waals surface area contributed by atoms with Crippen molar-refractivity contribution >= 4 is 0 Å². The van der Waals surface area contributed by atoms with E-state index >= 15 is 0 Å². The molecule has 4 heteroatoms. The summed E-state index contributed by atoms with van der Waals surface area (Å²) in [7, 11) is 0. The van der Waals surface area contributed by atoms with Gasteiger partial charge in [0, 0.05) is 0 Å². The molecular weight excluding hydrogens is 96.0 g/mol. The lowest BCUT2D eigenvalue weighted by molar-refractivity contribution is -0.604. The minimum atomic E-state index is 0.438. The average molecular weight is 99.1 g/mol. The molecule has 0 fully saturated rings. The summed E-state index contributed by atoms with van der Waals surface area (Å²) in [6.45, 7) is 0. The summed E-state index contributed by atoms with van der Waals surface area (Å²) in [5.41, 5.74) is 0. The van der Waals surface area contributed by atoms with Crippen LogP contribution in [0.1, 0.15) is 0 Å². The highest BCUT2D eigenvalue weighted by atomic mass is 16.5. The summed E-state index contributed by atoms with van der Waals surface area (Å²) in [6, 6.07) is 0. The Labute approximate surface area is 39.8 Å². The zero-order chi connectivity index (χ0) is 5.28. The topological polar surface area (TPSA) is 54.9 Å². The second kappa shape index (κ2) is 1.14. The van der Waals surface area contributed by atoms with Crippen molar-refractivity contribution < 1.29 is 4.73 Å². The molecule has 1 rings (SSSR count). The van der Waals surface area contributed by atoms with Crippen molar-refractivity contribution in [3.8, 4) is 0 Å². The molecule has 0 N–H and O–H groups in total. The summed E-state index contributed by atoms with van der Waals surface area (Å²) >= 11 is 0. The Morgan fingerprint density at radius 2 is 2.29 bits per heavy atom. The molecule has 0 spiro atoms. The van der Waals surface area contributed by atoms with Crippen LogP contribution in [0.5, 0.6) is 0 Å². The van der Waals surface area contributed by atoms with E-state index in [0.717, 1.165) is 18.7 Å². The lowest BCUT2D eigenvalue weighted by atomic mass is 11.0. The van der Waals surface area contributed by atoms with Crippen LogP contribution in [0.2, 0.25) is 0 Å². The molecule has 0 aliphatic carbocycles. The molecule has 0 saturated carbocycles. The Hall–Kier alpha value is -1.19. The van der Waals surface area contributed by atoms with Gasteiger partial charge in [-0.3, -0.25) is 0 Å². The molecule has 1 heterocycles. The zero-order valence-corrected chi connectivity index (χ0v) is 3.44. The molecule has 0 unspecified atom stereocenters. The first-order valence-electron chi connectivity index (χ1n) is 1.73. The third kappa shape index (κ3) is 0.623. The van der Waals surface area contributed by atoms with E-state index in [4.69, 9.17) is 0 Å². The first-order valence-corrected chi connectivity index (χ1v) is 1.73. The Balaban J connectivity index is 3.04. The average Bonchev–Trinajstić information content (AvgIpc) is 1.87. The molecule has 0 radical (unpaired) electrons. The van der Waals surface area contributed by atoms with Crippen LogP contribution < -0.4 is 4.73 Å². The van der Waals surface area contributed by atoms with Gasteiger partial charge in [0.25, 0.3) is 0 Å². The highest BCUT2D eigenvalue weighted by Crippen LogP contribution is 1.72. The maximum absolute atomic E-state index is 9.99. The van der Waals surface area contributed by atoms with Gasteiger partial charge in [0.1, 0.15) is 12.4 Å². The van der Waals surface area contributed by atoms with E-state index in [1.807, 2.05) is 0 Å². The number of hydrogen-bond acceptors (Lipinski definition) is 2. The minimum absolute atomic E-state index is 0.438. The summed E-state index contributed by atoms with van der Waals surface area (Å²) < 4.78 is 0.875. The van der Waals surface area contributed by atoms with Crippen LogP contribution in [0.15, 0.2) is 18.7 Å². The molecule has 0 saturated heterocycles. The molecule has 1 aromatic rings. The van der Waals surface area contributed by atoms with Gasteiger partial charge >= 0.3 is 0 Å². The molecule has 1 aromatic heterocycles. The van der Waals surface area contributed by atoms with Gasteiger partial charge in [0.15, 0.2) is 0 Å². The number of imidazole rings is 1. The van der Waals surface area contributed by atoms with Crippen molar-refractivity contribution in [2.24, 2.45) is 0 Å². The lowest BCUT2D eigenvalue weighted by Gasteiger charge is -1.92. The van der Waals surface area contributed by atoms with Crippen LogP contribution in [-0.2, 0) is 0 Å². The fourth-order valence-electron chi connectivity index (χ4n) is 0.321. The maximum Gasteiger partial charge on any atom is 0.249 e. The van der Waals surface area contributed by atoms with Gasteiger partial charge in [0.2, 0.25) is 6.33 Å². The van der Waals surface area contributed by atoms with Crippen molar-refractivity contribution in [3.63, 3.8) is 0 Å². The smallest absolute Gasteiger partial charge is 0.249 e. The van der Waals surface area contributed by atoms with Gasteiger partial charge in [-0.2, -0.15) is 0 Å². The fourth-order valence-corrected chi connectivity index (χ4v) is 0.321. The zero-order valence-electron chi connectivity index (χ0n) is 3.44. The van der Waals surface area contributed by atoms with E-state index in [1.54, 1.807) is 0 Å². The quantitative estimate of drug-likeness (QED) is 0.324. The monoisotopic (exact) mass is 99.0 g/mol. The molecule has 0 atom stereocenters. The third-order valence-electron chi connectivity index (χ3n) is 0.588. The Morgan fingerprint density at radius 1 is 1.57 bits per heavy atom. The SMILES string of the molecule is [O-]n1cc[n+]([O-])c1.